The van der Waals surface area contributed by atoms with Gasteiger partial charge in [0, 0.05) is 24.7 Å². The Balaban J connectivity index is 0.00000192. The predicted octanol–water partition coefficient (Wildman–Crippen LogP) is 2.46. The number of nitrogens with one attached hydrogen (secondary N) is 2. The maximum Gasteiger partial charge on any atom is 0.272 e. The van der Waals surface area contributed by atoms with E-state index in [9.17, 15) is 9.18 Å². The first-order valence-corrected chi connectivity index (χ1v) is 7.46. The molecule has 1 atom stereocenters. The molecule has 0 spiro atoms. The van der Waals surface area contributed by atoms with E-state index in [1.54, 1.807) is 18.2 Å². The molecule has 2 aromatic rings. The van der Waals surface area contributed by atoms with Crippen molar-refractivity contribution in [3.8, 4) is 11.3 Å². The van der Waals surface area contributed by atoms with Crippen LogP contribution in [0.2, 0.25) is 0 Å². The third kappa shape index (κ3) is 3.71. The van der Waals surface area contributed by atoms with E-state index in [-0.39, 0.29) is 30.2 Å². The molecule has 1 aromatic carbocycles. The molecule has 1 fully saturated rings. The summed E-state index contributed by atoms with van der Waals surface area (Å²) in [5, 5.41) is 10.1. The number of aromatic amines is 1. The third-order valence-electron chi connectivity index (χ3n) is 4.03. The van der Waals surface area contributed by atoms with Gasteiger partial charge >= 0.3 is 0 Å². The number of amides is 1. The van der Waals surface area contributed by atoms with Gasteiger partial charge in [0.1, 0.15) is 11.5 Å². The van der Waals surface area contributed by atoms with Crippen molar-refractivity contribution in [2.45, 2.75) is 18.9 Å². The van der Waals surface area contributed by atoms with Gasteiger partial charge in [-0.1, -0.05) is 0 Å². The first-order valence-electron chi connectivity index (χ1n) is 7.46. The Hall–Kier alpha value is -1.92. The van der Waals surface area contributed by atoms with Gasteiger partial charge < -0.3 is 10.2 Å². The zero-order valence-electron chi connectivity index (χ0n) is 12.9. The van der Waals surface area contributed by atoms with E-state index in [2.05, 4.69) is 15.5 Å². The molecule has 1 amide bonds. The smallest absolute Gasteiger partial charge is 0.272 e. The predicted molar refractivity (Wildman–Crippen MR) is 89.2 cm³/mol. The van der Waals surface area contributed by atoms with Gasteiger partial charge in [-0.2, -0.15) is 5.10 Å². The average Bonchev–Trinajstić information content (AvgIpc) is 3.17. The van der Waals surface area contributed by atoms with Crippen molar-refractivity contribution in [3.05, 3.63) is 41.8 Å². The fraction of sp³-hybridized carbons (Fsp3) is 0.375. The monoisotopic (exact) mass is 338 g/mol. The van der Waals surface area contributed by atoms with Gasteiger partial charge in [-0.25, -0.2) is 4.39 Å². The number of carbonyl (C=O) groups excluding carboxylic acids is 1. The first kappa shape index (κ1) is 17.4. The van der Waals surface area contributed by atoms with Crippen LogP contribution < -0.4 is 5.32 Å². The molecular formula is C16H20ClFN4O. The molecule has 0 bridgehead atoms. The summed E-state index contributed by atoms with van der Waals surface area (Å²) >= 11 is 0. The van der Waals surface area contributed by atoms with E-state index < -0.39 is 0 Å². The molecule has 1 unspecified atom stereocenters. The summed E-state index contributed by atoms with van der Waals surface area (Å²) in [6.45, 7) is 1.57. The highest BCUT2D eigenvalue weighted by atomic mass is 35.5. The van der Waals surface area contributed by atoms with Gasteiger partial charge in [0.25, 0.3) is 5.91 Å². The largest absolute Gasteiger partial charge is 0.333 e. The van der Waals surface area contributed by atoms with Gasteiger partial charge in [0.15, 0.2) is 0 Å². The van der Waals surface area contributed by atoms with Crippen molar-refractivity contribution in [3.63, 3.8) is 0 Å². The molecule has 124 valence electrons. The second kappa shape index (κ2) is 7.57. The maximum atomic E-state index is 13.0. The van der Waals surface area contributed by atoms with Crippen LogP contribution in [0.25, 0.3) is 11.3 Å². The summed E-state index contributed by atoms with van der Waals surface area (Å²) in [5.41, 5.74) is 1.90. The van der Waals surface area contributed by atoms with Gasteiger partial charge in [-0.15, -0.1) is 12.4 Å². The van der Waals surface area contributed by atoms with Crippen molar-refractivity contribution in [1.29, 1.82) is 0 Å². The van der Waals surface area contributed by atoms with Crippen LogP contribution >= 0.6 is 12.4 Å². The fourth-order valence-corrected chi connectivity index (χ4v) is 2.91. The minimum absolute atomic E-state index is 0. The van der Waals surface area contributed by atoms with Crippen LogP contribution in [0.4, 0.5) is 4.39 Å². The topological polar surface area (TPSA) is 61.0 Å². The maximum absolute atomic E-state index is 13.0. The molecule has 2 heterocycles. The molecule has 1 aromatic heterocycles. The van der Waals surface area contributed by atoms with Crippen LogP contribution in [-0.4, -0.2) is 47.2 Å². The Morgan fingerprint density at radius 1 is 1.43 bits per heavy atom. The molecule has 1 aliphatic heterocycles. The summed E-state index contributed by atoms with van der Waals surface area (Å²) in [6, 6.07) is 8.03. The number of halogens is 2. The highest BCUT2D eigenvalue weighted by Gasteiger charge is 2.29. The quantitative estimate of drug-likeness (QED) is 0.900. The molecule has 0 aliphatic carbocycles. The Bertz CT molecular complexity index is 658. The van der Waals surface area contributed by atoms with E-state index in [0.717, 1.165) is 31.5 Å². The molecule has 1 saturated heterocycles. The van der Waals surface area contributed by atoms with Crippen LogP contribution in [0.5, 0.6) is 0 Å². The van der Waals surface area contributed by atoms with E-state index in [0.29, 0.717) is 11.4 Å². The molecule has 2 N–H and O–H groups in total. The molecule has 0 saturated carbocycles. The lowest BCUT2D eigenvalue weighted by Crippen LogP contribution is -2.41. The van der Waals surface area contributed by atoms with Crippen molar-refractivity contribution < 1.29 is 9.18 Å². The Kier molecular flexibility index (Phi) is 5.74. The number of nitrogens with zero attached hydrogens (tertiary/aromatic N) is 2. The van der Waals surface area contributed by atoms with E-state index in [1.807, 2.05) is 11.9 Å². The lowest BCUT2D eigenvalue weighted by atomic mass is 10.1. The van der Waals surface area contributed by atoms with Crippen LogP contribution in [0.3, 0.4) is 0 Å². The van der Waals surface area contributed by atoms with Gasteiger partial charge in [0.05, 0.1) is 5.69 Å². The van der Waals surface area contributed by atoms with Crippen LogP contribution in [0.15, 0.2) is 30.3 Å². The summed E-state index contributed by atoms with van der Waals surface area (Å²) in [4.78, 5) is 14.5. The SMILES string of the molecule is CNCC1CCCN1C(=O)c1cc(-c2ccc(F)cc2)n[nH]1.Cl. The summed E-state index contributed by atoms with van der Waals surface area (Å²) in [5.74, 6) is -0.318. The molecular weight excluding hydrogens is 319 g/mol. The number of aromatic nitrogens is 2. The number of carbonyl (C=O) groups is 1. The van der Waals surface area contributed by atoms with Crippen LogP contribution in [-0.2, 0) is 0 Å². The number of hydrogen-bond acceptors (Lipinski definition) is 3. The second-order valence-electron chi connectivity index (χ2n) is 5.53. The molecule has 3 rings (SSSR count). The number of rotatable bonds is 4. The molecule has 23 heavy (non-hydrogen) atoms. The van der Waals surface area contributed by atoms with Crippen molar-refractivity contribution in [1.82, 2.24) is 20.4 Å². The molecule has 0 radical (unpaired) electrons. The van der Waals surface area contributed by atoms with Gasteiger partial charge in [0.2, 0.25) is 0 Å². The molecule has 7 heteroatoms. The average molecular weight is 339 g/mol. The van der Waals surface area contributed by atoms with Crippen molar-refractivity contribution >= 4 is 18.3 Å². The summed E-state index contributed by atoms with van der Waals surface area (Å²) in [6.07, 6.45) is 2.04. The van der Waals surface area contributed by atoms with E-state index in [4.69, 9.17) is 0 Å². The van der Waals surface area contributed by atoms with Crippen LogP contribution in [0.1, 0.15) is 23.3 Å². The van der Waals surface area contributed by atoms with Crippen molar-refractivity contribution in [2.24, 2.45) is 0 Å². The first-order chi connectivity index (χ1) is 10.7. The lowest BCUT2D eigenvalue weighted by molar-refractivity contribution is 0.0731. The zero-order valence-corrected chi connectivity index (χ0v) is 13.7. The van der Waals surface area contributed by atoms with Gasteiger partial charge in [-0.3, -0.25) is 9.89 Å². The Morgan fingerprint density at radius 3 is 2.87 bits per heavy atom. The van der Waals surface area contributed by atoms with Crippen molar-refractivity contribution in [2.75, 3.05) is 20.1 Å². The minimum atomic E-state index is -0.289. The number of H-pyrrole nitrogens is 1. The normalized spacial score (nSPS) is 17.1. The Morgan fingerprint density at radius 2 is 2.17 bits per heavy atom. The fourth-order valence-electron chi connectivity index (χ4n) is 2.91. The number of likely N-dealkylation sites (N-methyl/N-ethyl adjacent to an activating group) is 1. The standard InChI is InChI=1S/C16H19FN4O.ClH/c1-18-10-13-3-2-8-21(13)16(22)15-9-14(19-20-15)11-4-6-12(17)7-5-11;/h4-7,9,13,18H,2-3,8,10H2,1H3,(H,19,20);1H. The third-order valence-corrected chi connectivity index (χ3v) is 4.03. The zero-order chi connectivity index (χ0) is 15.5. The van der Waals surface area contributed by atoms with Gasteiger partial charge in [-0.05, 0) is 50.2 Å². The lowest BCUT2D eigenvalue weighted by Gasteiger charge is -2.23. The minimum Gasteiger partial charge on any atom is -0.333 e. The Labute approximate surface area is 140 Å². The second-order valence-corrected chi connectivity index (χ2v) is 5.53. The number of benzene rings is 1. The summed E-state index contributed by atoms with van der Waals surface area (Å²) in [7, 11) is 1.89. The number of hydrogen-bond donors (Lipinski definition) is 2. The summed E-state index contributed by atoms with van der Waals surface area (Å²) < 4.78 is 13.0. The molecule has 5 nitrogen and oxygen atoms in total. The van der Waals surface area contributed by atoms with E-state index in [1.165, 1.54) is 12.1 Å². The highest BCUT2D eigenvalue weighted by Crippen LogP contribution is 2.22. The highest BCUT2D eigenvalue weighted by molar-refractivity contribution is 5.93. The van der Waals surface area contributed by atoms with E-state index >= 15 is 0 Å². The molecule has 1 aliphatic rings. The number of likely N-dealkylation sites (tertiary alicyclic amines) is 1. The van der Waals surface area contributed by atoms with Crippen LogP contribution in [0, 0.1) is 5.82 Å².